The number of carbonyl (C=O) groups excluding carboxylic acids is 2. The van der Waals surface area contributed by atoms with Crippen LogP contribution in [0.25, 0.3) is 0 Å². The summed E-state index contributed by atoms with van der Waals surface area (Å²) in [6.07, 6.45) is -0.543. The fraction of sp³-hybridized carbons (Fsp3) is 0.727. The van der Waals surface area contributed by atoms with Crippen molar-refractivity contribution in [2.75, 3.05) is 6.67 Å². The molecule has 0 fully saturated rings. The first-order chi connectivity index (χ1) is 8.29. The smallest absolute Gasteiger partial charge is 0.305 e. The van der Waals surface area contributed by atoms with Crippen LogP contribution in [0.1, 0.15) is 27.2 Å². The minimum Gasteiger partial charge on any atom is -0.481 e. The fourth-order valence-corrected chi connectivity index (χ4v) is 1.44. The van der Waals surface area contributed by atoms with E-state index in [-0.39, 0.29) is 11.7 Å². The second kappa shape index (κ2) is 7.88. The van der Waals surface area contributed by atoms with Crippen molar-refractivity contribution in [1.29, 1.82) is 0 Å². The van der Waals surface area contributed by atoms with E-state index in [0.717, 1.165) is 0 Å². The zero-order valence-electron chi connectivity index (χ0n) is 10.7. The third-order valence-corrected chi connectivity index (χ3v) is 2.42. The number of alkyl halides is 1. The Bertz CT molecular complexity index is 320. The lowest BCUT2D eigenvalue weighted by Gasteiger charge is -2.23. The highest BCUT2D eigenvalue weighted by molar-refractivity contribution is 5.88. The molecule has 18 heavy (non-hydrogen) atoms. The van der Waals surface area contributed by atoms with E-state index in [4.69, 9.17) is 5.11 Å². The van der Waals surface area contributed by atoms with Crippen LogP contribution in [-0.4, -0.2) is 41.4 Å². The zero-order chi connectivity index (χ0) is 14.3. The van der Waals surface area contributed by atoms with Crippen molar-refractivity contribution in [2.24, 2.45) is 5.92 Å². The second-order valence-corrected chi connectivity index (χ2v) is 4.37. The van der Waals surface area contributed by atoms with E-state index in [0.29, 0.717) is 0 Å². The fourth-order valence-electron chi connectivity index (χ4n) is 1.44. The van der Waals surface area contributed by atoms with Crippen LogP contribution in [-0.2, 0) is 14.4 Å². The van der Waals surface area contributed by atoms with Crippen LogP contribution in [0.3, 0.4) is 0 Å². The molecule has 104 valence electrons. The van der Waals surface area contributed by atoms with Crippen molar-refractivity contribution < 1.29 is 23.9 Å². The third-order valence-electron chi connectivity index (χ3n) is 2.42. The first kappa shape index (κ1) is 16.7. The Labute approximate surface area is 105 Å². The number of ketones is 2. The third kappa shape index (κ3) is 5.83. The number of hydrazine groups is 1. The molecule has 0 saturated heterocycles. The van der Waals surface area contributed by atoms with Crippen molar-refractivity contribution in [2.45, 2.75) is 39.3 Å². The lowest BCUT2D eigenvalue weighted by atomic mass is 10.0. The van der Waals surface area contributed by atoms with Crippen molar-refractivity contribution in [3.05, 3.63) is 0 Å². The molecule has 0 bridgehead atoms. The van der Waals surface area contributed by atoms with E-state index in [1.165, 1.54) is 6.92 Å². The number of Topliss-reactive ketones (excluding diaryl/α,β-unsaturated/α-hetero) is 2. The Morgan fingerprint density at radius 3 is 2.11 bits per heavy atom. The van der Waals surface area contributed by atoms with Crippen LogP contribution in [0.2, 0.25) is 0 Å². The zero-order valence-corrected chi connectivity index (χ0v) is 10.7. The van der Waals surface area contributed by atoms with Crippen LogP contribution in [0, 0.1) is 5.92 Å². The van der Waals surface area contributed by atoms with Crippen LogP contribution in [0.15, 0.2) is 0 Å². The summed E-state index contributed by atoms with van der Waals surface area (Å²) >= 11 is 0. The number of aliphatic carboxylic acids is 1. The van der Waals surface area contributed by atoms with Gasteiger partial charge in [-0.15, -0.1) is 0 Å². The predicted molar refractivity (Wildman–Crippen MR) is 62.6 cm³/mol. The molecule has 0 radical (unpaired) electrons. The van der Waals surface area contributed by atoms with Gasteiger partial charge in [0, 0.05) is 0 Å². The number of carboxylic acids is 1. The number of nitrogens with one attached hydrogen (secondary N) is 2. The maximum Gasteiger partial charge on any atom is 0.305 e. The van der Waals surface area contributed by atoms with E-state index >= 15 is 0 Å². The molecule has 0 aliphatic heterocycles. The topological polar surface area (TPSA) is 95.5 Å². The molecule has 6 nitrogen and oxygen atoms in total. The number of carbonyl (C=O) groups is 3. The van der Waals surface area contributed by atoms with Crippen LogP contribution in [0.5, 0.6) is 0 Å². The maximum atomic E-state index is 12.3. The van der Waals surface area contributed by atoms with E-state index in [1.54, 1.807) is 13.8 Å². The maximum absolute atomic E-state index is 12.3. The quantitative estimate of drug-likeness (QED) is 0.509. The highest BCUT2D eigenvalue weighted by atomic mass is 19.1. The van der Waals surface area contributed by atoms with Crippen LogP contribution < -0.4 is 10.9 Å². The minimum atomic E-state index is -1.25. The Balaban J connectivity index is 4.53. The molecule has 7 heteroatoms. The lowest BCUT2D eigenvalue weighted by Crippen LogP contribution is -2.54. The van der Waals surface area contributed by atoms with Gasteiger partial charge in [-0.2, -0.15) is 0 Å². The summed E-state index contributed by atoms with van der Waals surface area (Å²) in [7, 11) is 0. The molecule has 0 aromatic heterocycles. The Morgan fingerprint density at radius 2 is 1.78 bits per heavy atom. The Kier molecular flexibility index (Phi) is 7.30. The molecule has 0 aliphatic rings. The van der Waals surface area contributed by atoms with Gasteiger partial charge in [0.2, 0.25) is 0 Å². The predicted octanol–water partition coefficient (Wildman–Crippen LogP) is 0.0761. The molecule has 0 saturated carbocycles. The summed E-state index contributed by atoms with van der Waals surface area (Å²) < 4.78 is 12.3. The summed E-state index contributed by atoms with van der Waals surface area (Å²) in [5, 5.41) is 8.60. The molecule has 0 aliphatic carbocycles. The largest absolute Gasteiger partial charge is 0.481 e. The lowest BCUT2D eigenvalue weighted by molar-refractivity contribution is -0.139. The number of carboxylic acid groups (broad SMARTS) is 1. The first-order valence-electron chi connectivity index (χ1n) is 5.61. The van der Waals surface area contributed by atoms with E-state index in [9.17, 15) is 18.8 Å². The summed E-state index contributed by atoms with van der Waals surface area (Å²) in [6, 6.07) is -1.75. The molecule has 2 unspecified atom stereocenters. The standard InChI is InChI=1S/C11H19FN2O4/c1-6(2)11(7(3)15)14-13-8(4-10(17)18)9(16)5-12/h6,8,11,13-14H,4-5H2,1-3H3,(H,17,18). The molecule has 0 amide bonds. The molecule has 0 rings (SSSR count). The second-order valence-electron chi connectivity index (χ2n) is 4.37. The normalized spacial score (nSPS) is 14.3. The van der Waals surface area contributed by atoms with Gasteiger partial charge in [-0.1, -0.05) is 13.8 Å². The van der Waals surface area contributed by atoms with Crippen molar-refractivity contribution in [3.8, 4) is 0 Å². The molecule has 0 heterocycles. The number of rotatable bonds is 9. The number of hydrogen-bond acceptors (Lipinski definition) is 5. The average Bonchev–Trinajstić information content (AvgIpc) is 2.25. The summed E-state index contributed by atoms with van der Waals surface area (Å²) in [5.74, 6) is -2.28. The Morgan fingerprint density at radius 1 is 1.22 bits per heavy atom. The summed E-state index contributed by atoms with van der Waals surface area (Å²) in [5.41, 5.74) is 5.01. The van der Waals surface area contributed by atoms with Gasteiger partial charge < -0.3 is 5.11 Å². The van der Waals surface area contributed by atoms with Crippen molar-refractivity contribution in [1.82, 2.24) is 10.9 Å². The van der Waals surface area contributed by atoms with E-state index in [1.807, 2.05) is 0 Å². The van der Waals surface area contributed by atoms with Crippen LogP contribution >= 0.6 is 0 Å². The SMILES string of the molecule is CC(=O)C(NNC(CC(=O)O)C(=O)CF)C(C)C. The molecular formula is C11H19FN2O4. The average molecular weight is 262 g/mol. The van der Waals surface area contributed by atoms with Gasteiger partial charge in [-0.3, -0.25) is 14.4 Å². The molecule has 3 N–H and O–H groups in total. The molecule has 0 aromatic carbocycles. The number of halogens is 1. The van der Waals surface area contributed by atoms with Gasteiger partial charge >= 0.3 is 5.97 Å². The Hall–Kier alpha value is -1.34. The molecule has 0 spiro atoms. The number of hydrogen-bond donors (Lipinski definition) is 3. The molecule has 0 aromatic rings. The summed E-state index contributed by atoms with van der Waals surface area (Å²) in [4.78, 5) is 33.0. The molecule has 2 atom stereocenters. The van der Waals surface area contributed by atoms with Gasteiger partial charge in [-0.25, -0.2) is 15.2 Å². The first-order valence-corrected chi connectivity index (χ1v) is 5.61. The minimum absolute atomic E-state index is 0.0408. The summed E-state index contributed by atoms with van der Waals surface area (Å²) in [6.45, 7) is 3.72. The van der Waals surface area contributed by atoms with E-state index in [2.05, 4.69) is 10.9 Å². The van der Waals surface area contributed by atoms with Crippen LogP contribution in [0.4, 0.5) is 4.39 Å². The van der Waals surface area contributed by atoms with Crippen molar-refractivity contribution in [3.63, 3.8) is 0 Å². The van der Waals surface area contributed by atoms with Gasteiger partial charge in [0.15, 0.2) is 5.78 Å². The molecular weight excluding hydrogens is 243 g/mol. The van der Waals surface area contributed by atoms with E-state index < -0.39 is 36.9 Å². The van der Waals surface area contributed by atoms with Gasteiger partial charge in [-0.05, 0) is 12.8 Å². The van der Waals surface area contributed by atoms with Crippen molar-refractivity contribution >= 4 is 17.5 Å². The van der Waals surface area contributed by atoms with Gasteiger partial charge in [0.05, 0.1) is 18.5 Å². The van der Waals surface area contributed by atoms with Gasteiger partial charge in [0.1, 0.15) is 12.5 Å². The highest BCUT2D eigenvalue weighted by Crippen LogP contribution is 2.02. The highest BCUT2D eigenvalue weighted by Gasteiger charge is 2.24. The van der Waals surface area contributed by atoms with Gasteiger partial charge in [0.25, 0.3) is 0 Å². The monoisotopic (exact) mass is 262 g/mol.